The molecule has 2 aromatic heterocycles. The van der Waals surface area contributed by atoms with Crippen molar-refractivity contribution in [2.24, 2.45) is 0 Å². The summed E-state index contributed by atoms with van der Waals surface area (Å²) in [5.74, 6) is 0.861. The topological polar surface area (TPSA) is 75.8 Å². The maximum absolute atomic E-state index is 12.8. The molecular weight excluding hydrogens is 368 g/mol. The Hall–Kier alpha value is -2.99. The number of aromatic nitrogens is 1. The highest BCUT2D eigenvalue weighted by atomic mass is 35.5. The number of pyridine rings is 1. The van der Waals surface area contributed by atoms with Gasteiger partial charge in [-0.05, 0) is 37.3 Å². The highest BCUT2D eigenvalue weighted by Crippen LogP contribution is 2.37. The van der Waals surface area contributed by atoms with Gasteiger partial charge < -0.3 is 19.2 Å². The van der Waals surface area contributed by atoms with Crippen LogP contribution in [-0.2, 0) is 6.54 Å². The van der Waals surface area contributed by atoms with E-state index < -0.39 is 0 Å². The summed E-state index contributed by atoms with van der Waals surface area (Å²) in [5, 5.41) is 11.0. The SMILES string of the molecule is Cc1occc1C(=O)N1CCOc2c(O)cc(-c3ccc(Cl)cn3)cc2C1. The number of carbonyl (C=O) groups is 1. The van der Waals surface area contributed by atoms with Crippen molar-refractivity contribution in [1.82, 2.24) is 9.88 Å². The molecule has 1 aromatic carbocycles. The third kappa shape index (κ3) is 3.36. The quantitative estimate of drug-likeness (QED) is 0.721. The fraction of sp³-hybridized carbons (Fsp3) is 0.200. The maximum Gasteiger partial charge on any atom is 0.257 e. The monoisotopic (exact) mass is 384 g/mol. The van der Waals surface area contributed by atoms with Crippen LogP contribution in [0, 0.1) is 6.92 Å². The van der Waals surface area contributed by atoms with Crippen LogP contribution in [0.3, 0.4) is 0 Å². The number of furan rings is 1. The highest BCUT2D eigenvalue weighted by molar-refractivity contribution is 6.30. The number of carbonyl (C=O) groups excluding carboxylic acids is 1. The average Bonchev–Trinajstić information content (AvgIpc) is 2.96. The highest BCUT2D eigenvalue weighted by Gasteiger charge is 2.25. The van der Waals surface area contributed by atoms with Gasteiger partial charge in [0.25, 0.3) is 5.91 Å². The Morgan fingerprint density at radius 3 is 2.85 bits per heavy atom. The van der Waals surface area contributed by atoms with Gasteiger partial charge in [0.1, 0.15) is 12.4 Å². The second kappa shape index (κ2) is 6.96. The Morgan fingerprint density at radius 1 is 1.30 bits per heavy atom. The summed E-state index contributed by atoms with van der Waals surface area (Å²) >= 11 is 5.90. The minimum atomic E-state index is -0.132. The molecular formula is C20H17ClN2O4. The molecule has 1 N–H and O–H groups in total. The summed E-state index contributed by atoms with van der Waals surface area (Å²) < 4.78 is 11.0. The molecule has 0 radical (unpaired) electrons. The number of aryl methyl sites for hydroxylation is 1. The second-order valence-electron chi connectivity index (χ2n) is 6.31. The fourth-order valence-electron chi connectivity index (χ4n) is 3.14. The van der Waals surface area contributed by atoms with Gasteiger partial charge in [0, 0.05) is 23.9 Å². The maximum atomic E-state index is 12.8. The number of benzene rings is 1. The van der Waals surface area contributed by atoms with Crippen molar-refractivity contribution < 1.29 is 19.1 Å². The molecule has 0 fully saturated rings. The number of aromatic hydroxyl groups is 1. The van der Waals surface area contributed by atoms with Gasteiger partial charge in [-0.15, -0.1) is 0 Å². The zero-order valence-corrected chi connectivity index (χ0v) is 15.4. The van der Waals surface area contributed by atoms with E-state index in [-0.39, 0.29) is 11.7 Å². The number of fused-ring (bicyclic) bond motifs is 1. The van der Waals surface area contributed by atoms with E-state index in [4.69, 9.17) is 20.8 Å². The molecule has 3 heterocycles. The Bertz CT molecular complexity index is 998. The normalized spacial score (nSPS) is 13.6. The number of phenolic OH excluding ortho intramolecular Hbond substituents is 1. The lowest BCUT2D eigenvalue weighted by atomic mass is 10.0. The summed E-state index contributed by atoms with van der Waals surface area (Å²) in [6.07, 6.45) is 3.05. The van der Waals surface area contributed by atoms with E-state index in [1.165, 1.54) is 6.26 Å². The van der Waals surface area contributed by atoms with Crippen LogP contribution in [0.5, 0.6) is 11.5 Å². The summed E-state index contributed by atoms with van der Waals surface area (Å²) in [6, 6.07) is 8.65. The van der Waals surface area contributed by atoms with Gasteiger partial charge in [-0.1, -0.05) is 11.6 Å². The molecule has 0 atom stereocenters. The molecule has 1 aliphatic rings. The van der Waals surface area contributed by atoms with Crippen molar-refractivity contribution >= 4 is 17.5 Å². The van der Waals surface area contributed by atoms with Crippen LogP contribution < -0.4 is 4.74 Å². The number of amides is 1. The van der Waals surface area contributed by atoms with Crippen molar-refractivity contribution in [2.75, 3.05) is 13.2 Å². The number of hydrogen-bond donors (Lipinski definition) is 1. The third-order valence-corrected chi connectivity index (χ3v) is 4.74. The van der Waals surface area contributed by atoms with Gasteiger partial charge in [0.2, 0.25) is 0 Å². The van der Waals surface area contributed by atoms with Gasteiger partial charge in [-0.2, -0.15) is 0 Å². The molecule has 0 aliphatic carbocycles. The number of ether oxygens (including phenoxy) is 1. The van der Waals surface area contributed by atoms with Crippen LogP contribution >= 0.6 is 11.6 Å². The van der Waals surface area contributed by atoms with E-state index in [0.29, 0.717) is 53.0 Å². The molecule has 0 saturated heterocycles. The molecule has 3 aromatic rings. The lowest BCUT2D eigenvalue weighted by molar-refractivity contribution is 0.0731. The molecule has 0 spiro atoms. The van der Waals surface area contributed by atoms with E-state index in [1.54, 1.807) is 42.3 Å². The van der Waals surface area contributed by atoms with Gasteiger partial charge in [-0.3, -0.25) is 9.78 Å². The number of halogens is 1. The molecule has 0 saturated carbocycles. The lowest BCUT2D eigenvalue weighted by Crippen LogP contribution is -2.32. The average molecular weight is 385 g/mol. The van der Waals surface area contributed by atoms with Gasteiger partial charge in [0.05, 0.1) is 29.1 Å². The minimum Gasteiger partial charge on any atom is -0.504 e. The van der Waals surface area contributed by atoms with Crippen LogP contribution in [-0.4, -0.2) is 34.0 Å². The van der Waals surface area contributed by atoms with Gasteiger partial charge in [-0.25, -0.2) is 0 Å². The molecule has 27 heavy (non-hydrogen) atoms. The van der Waals surface area contributed by atoms with Crippen LogP contribution in [0.2, 0.25) is 5.02 Å². The Kier molecular flexibility index (Phi) is 4.49. The molecule has 6 nitrogen and oxygen atoms in total. The summed E-state index contributed by atoms with van der Waals surface area (Å²) in [4.78, 5) is 18.8. The minimum absolute atomic E-state index is 0.0213. The second-order valence-corrected chi connectivity index (χ2v) is 6.75. The van der Waals surface area contributed by atoms with Crippen LogP contribution in [0.25, 0.3) is 11.3 Å². The smallest absolute Gasteiger partial charge is 0.257 e. The predicted molar refractivity (Wildman–Crippen MR) is 100 cm³/mol. The Labute approximate surface area is 161 Å². The molecule has 1 aliphatic heterocycles. The van der Waals surface area contributed by atoms with Crippen molar-refractivity contribution in [1.29, 1.82) is 0 Å². The van der Waals surface area contributed by atoms with Crippen molar-refractivity contribution in [3.63, 3.8) is 0 Å². The largest absolute Gasteiger partial charge is 0.504 e. The molecule has 138 valence electrons. The van der Waals surface area contributed by atoms with Crippen LogP contribution in [0.15, 0.2) is 47.2 Å². The zero-order valence-electron chi connectivity index (χ0n) is 14.6. The molecule has 0 unspecified atom stereocenters. The van der Waals surface area contributed by atoms with E-state index >= 15 is 0 Å². The Morgan fingerprint density at radius 2 is 2.15 bits per heavy atom. The van der Waals surface area contributed by atoms with Crippen molar-refractivity contribution in [3.8, 4) is 22.8 Å². The third-order valence-electron chi connectivity index (χ3n) is 4.51. The number of nitrogens with zero attached hydrogens (tertiary/aromatic N) is 2. The van der Waals surface area contributed by atoms with Crippen molar-refractivity contribution in [2.45, 2.75) is 13.5 Å². The predicted octanol–water partition coefficient (Wildman–Crippen LogP) is 4.04. The Balaban J connectivity index is 1.70. The number of rotatable bonds is 2. The van der Waals surface area contributed by atoms with E-state index in [9.17, 15) is 9.90 Å². The molecule has 0 bridgehead atoms. The molecule has 4 rings (SSSR count). The van der Waals surface area contributed by atoms with Gasteiger partial charge in [0.15, 0.2) is 11.5 Å². The number of phenols is 1. The first-order chi connectivity index (χ1) is 13.0. The van der Waals surface area contributed by atoms with Crippen LogP contribution in [0.1, 0.15) is 21.7 Å². The van der Waals surface area contributed by atoms with E-state index in [0.717, 1.165) is 5.56 Å². The summed E-state index contributed by atoms with van der Waals surface area (Å²) in [7, 11) is 0. The standard InChI is InChI=1S/C20H17ClN2O4/c1-12-16(4-6-26-12)20(25)23-5-7-27-19-14(11-23)8-13(9-18(19)24)17-3-2-15(21)10-22-17/h2-4,6,8-10,24H,5,7,11H2,1H3. The number of hydrogen-bond acceptors (Lipinski definition) is 5. The first-order valence-electron chi connectivity index (χ1n) is 8.47. The summed E-state index contributed by atoms with van der Waals surface area (Å²) in [6.45, 7) is 2.77. The van der Waals surface area contributed by atoms with E-state index in [1.807, 2.05) is 6.07 Å². The first kappa shape index (κ1) is 17.4. The summed E-state index contributed by atoms with van der Waals surface area (Å²) in [5.41, 5.74) is 2.64. The molecule has 1 amide bonds. The lowest BCUT2D eigenvalue weighted by Gasteiger charge is -2.19. The first-order valence-corrected chi connectivity index (χ1v) is 8.84. The molecule has 7 heteroatoms. The van der Waals surface area contributed by atoms with Crippen LogP contribution in [0.4, 0.5) is 0 Å². The fourth-order valence-corrected chi connectivity index (χ4v) is 3.26. The van der Waals surface area contributed by atoms with E-state index in [2.05, 4.69) is 4.98 Å². The van der Waals surface area contributed by atoms with Crippen molar-refractivity contribution in [3.05, 3.63) is 64.7 Å². The van der Waals surface area contributed by atoms with Gasteiger partial charge >= 0.3 is 0 Å². The zero-order chi connectivity index (χ0) is 19.0.